The quantitative estimate of drug-likeness (QED) is 0.894. The van der Waals surface area contributed by atoms with E-state index < -0.39 is 5.66 Å². The fourth-order valence-corrected chi connectivity index (χ4v) is 4.10. The van der Waals surface area contributed by atoms with Gasteiger partial charge in [0.25, 0.3) is 0 Å². The average molecular weight is 307 g/mol. The molecular formula is C18H21N5. The monoisotopic (exact) mass is 307 g/mol. The Bertz CT molecular complexity index is 742. The molecule has 5 heteroatoms. The molecule has 1 aliphatic carbocycles. The van der Waals surface area contributed by atoms with E-state index in [1.807, 2.05) is 36.8 Å². The normalized spacial score (nSPS) is 29.5. The lowest BCUT2D eigenvalue weighted by molar-refractivity contribution is 0.257. The first kappa shape index (κ1) is 14.2. The SMILES string of the molecule is CC1CCCC1C1(c2ccncc2)N=C(N)c2ccncc2N1. The second-order valence-electron chi connectivity index (χ2n) is 6.56. The van der Waals surface area contributed by atoms with Crippen molar-refractivity contribution < 1.29 is 0 Å². The van der Waals surface area contributed by atoms with Gasteiger partial charge >= 0.3 is 0 Å². The summed E-state index contributed by atoms with van der Waals surface area (Å²) >= 11 is 0. The van der Waals surface area contributed by atoms with Crippen LogP contribution in [0, 0.1) is 11.8 Å². The summed E-state index contributed by atoms with van der Waals surface area (Å²) in [4.78, 5) is 13.4. The third-order valence-corrected chi connectivity index (χ3v) is 5.24. The Kier molecular flexibility index (Phi) is 3.29. The van der Waals surface area contributed by atoms with E-state index in [2.05, 4.69) is 22.2 Å². The van der Waals surface area contributed by atoms with Crippen LogP contribution in [-0.2, 0) is 5.66 Å². The second-order valence-corrected chi connectivity index (χ2v) is 6.56. The fraction of sp³-hybridized carbons (Fsp3) is 0.389. The molecule has 3 N–H and O–H groups in total. The van der Waals surface area contributed by atoms with Gasteiger partial charge in [0, 0.05) is 35.6 Å². The number of nitrogens with one attached hydrogen (secondary N) is 1. The molecular weight excluding hydrogens is 286 g/mol. The summed E-state index contributed by atoms with van der Waals surface area (Å²) in [6.45, 7) is 2.31. The lowest BCUT2D eigenvalue weighted by Crippen LogP contribution is -2.47. The lowest BCUT2D eigenvalue weighted by Gasteiger charge is -2.42. The van der Waals surface area contributed by atoms with Crippen molar-refractivity contribution in [3.8, 4) is 0 Å². The Hall–Kier alpha value is -2.43. The minimum absolute atomic E-state index is 0.400. The number of amidine groups is 1. The molecule has 1 aliphatic heterocycles. The van der Waals surface area contributed by atoms with Gasteiger partial charge in [0.05, 0.1) is 11.9 Å². The maximum absolute atomic E-state index is 6.34. The number of pyridine rings is 2. The zero-order valence-corrected chi connectivity index (χ0v) is 13.2. The van der Waals surface area contributed by atoms with Gasteiger partial charge in [0.2, 0.25) is 0 Å². The highest BCUT2D eigenvalue weighted by molar-refractivity contribution is 6.04. The molecule has 0 aromatic carbocycles. The van der Waals surface area contributed by atoms with Crippen LogP contribution in [0.15, 0.2) is 48.0 Å². The topological polar surface area (TPSA) is 76.2 Å². The minimum atomic E-state index is -0.529. The molecule has 2 aromatic heterocycles. The van der Waals surface area contributed by atoms with Crippen molar-refractivity contribution in [2.24, 2.45) is 22.6 Å². The Morgan fingerprint density at radius 1 is 1.13 bits per heavy atom. The van der Waals surface area contributed by atoms with Crippen LogP contribution >= 0.6 is 0 Å². The summed E-state index contributed by atoms with van der Waals surface area (Å²) in [5.41, 5.74) is 8.81. The lowest BCUT2D eigenvalue weighted by atomic mass is 9.79. The molecule has 1 saturated carbocycles. The van der Waals surface area contributed by atoms with Gasteiger partial charge in [-0.05, 0) is 30.5 Å². The van der Waals surface area contributed by atoms with Crippen LogP contribution in [0.25, 0.3) is 0 Å². The maximum atomic E-state index is 6.34. The van der Waals surface area contributed by atoms with Crippen molar-refractivity contribution in [2.75, 3.05) is 5.32 Å². The molecule has 1 fully saturated rings. The number of rotatable bonds is 2. The van der Waals surface area contributed by atoms with E-state index in [1.54, 1.807) is 6.20 Å². The number of hydrogen-bond acceptors (Lipinski definition) is 5. The van der Waals surface area contributed by atoms with E-state index in [-0.39, 0.29) is 0 Å². The predicted molar refractivity (Wildman–Crippen MR) is 91.0 cm³/mol. The van der Waals surface area contributed by atoms with Crippen molar-refractivity contribution >= 4 is 11.5 Å². The van der Waals surface area contributed by atoms with Gasteiger partial charge in [0.1, 0.15) is 5.84 Å². The number of nitrogens with two attached hydrogens (primary N) is 1. The number of aromatic nitrogens is 2. The maximum Gasteiger partial charge on any atom is 0.161 e. The highest BCUT2D eigenvalue weighted by atomic mass is 15.2. The number of anilines is 1. The first-order valence-corrected chi connectivity index (χ1v) is 8.19. The molecule has 0 radical (unpaired) electrons. The first-order valence-electron chi connectivity index (χ1n) is 8.19. The van der Waals surface area contributed by atoms with Crippen LogP contribution in [0.2, 0.25) is 0 Å². The van der Waals surface area contributed by atoms with Gasteiger partial charge in [-0.2, -0.15) is 0 Å². The average Bonchev–Trinajstić information content (AvgIpc) is 3.02. The number of fused-ring (bicyclic) bond motifs is 1. The third-order valence-electron chi connectivity index (χ3n) is 5.24. The van der Waals surface area contributed by atoms with E-state index in [1.165, 1.54) is 12.8 Å². The Morgan fingerprint density at radius 3 is 2.65 bits per heavy atom. The highest BCUT2D eigenvalue weighted by Gasteiger charge is 2.47. The van der Waals surface area contributed by atoms with Crippen LogP contribution in [0.1, 0.15) is 37.3 Å². The van der Waals surface area contributed by atoms with E-state index in [0.29, 0.717) is 17.7 Å². The van der Waals surface area contributed by atoms with Gasteiger partial charge in [-0.1, -0.05) is 19.8 Å². The fourth-order valence-electron chi connectivity index (χ4n) is 4.10. The van der Waals surface area contributed by atoms with Crippen molar-refractivity contribution in [1.82, 2.24) is 9.97 Å². The van der Waals surface area contributed by atoms with Gasteiger partial charge < -0.3 is 11.1 Å². The molecule has 5 nitrogen and oxygen atoms in total. The molecule has 2 aromatic rings. The molecule has 3 heterocycles. The zero-order chi connectivity index (χ0) is 15.9. The highest BCUT2D eigenvalue weighted by Crippen LogP contribution is 2.48. The van der Waals surface area contributed by atoms with Crippen LogP contribution in [-0.4, -0.2) is 15.8 Å². The van der Waals surface area contributed by atoms with Crippen LogP contribution in [0.3, 0.4) is 0 Å². The summed E-state index contributed by atoms with van der Waals surface area (Å²) in [6.07, 6.45) is 10.8. The van der Waals surface area contributed by atoms with Gasteiger partial charge in [-0.3, -0.25) is 9.97 Å². The molecule has 118 valence electrons. The van der Waals surface area contributed by atoms with Crippen LogP contribution in [0.5, 0.6) is 0 Å². The largest absolute Gasteiger partial charge is 0.383 e. The number of hydrogen-bond donors (Lipinski definition) is 2. The summed E-state index contributed by atoms with van der Waals surface area (Å²) in [5, 5.41) is 3.67. The van der Waals surface area contributed by atoms with E-state index in [4.69, 9.17) is 10.7 Å². The molecule has 0 bridgehead atoms. The standard InChI is InChI=1S/C18H21N5/c1-12-3-2-4-15(12)18(13-5-8-20-9-6-13)22-16-11-21-10-7-14(16)17(19)23-18/h5-12,15,22H,2-4H2,1H3,(H2,19,23). The van der Waals surface area contributed by atoms with Gasteiger partial charge in [0.15, 0.2) is 5.66 Å². The molecule has 0 amide bonds. The van der Waals surface area contributed by atoms with Crippen LogP contribution < -0.4 is 11.1 Å². The Labute approximate surface area is 136 Å². The summed E-state index contributed by atoms with van der Waals surface area (Å²) in [7, 11) is 0. The molecule has 23 heavy (non-hydrogen) atoms. The van der Waals surface area contributed by atoms with Crippen molar-refractivity contribution in [2.45, 2.75) is 31.8 Å². The molecule has 0 saturated heterocycles. The minimum Gasteiger partial charge on any atom is -0.383 e. The summed E-state index contributed by atoms with van der Waals surface area (Å²) in [5.74, 6) is 1.57. The Balaban J connectivity index is 1.90. The predicted octanol–water partition coefficient (Wildman–Crippen LogP) is 2.90. The van der Waals surface area contributed by atoms with E-state index in [0.717, 1.165) is 23.2 Å². The smallest absolute Gasteiger partial charge is 0.161 e. The second kappa shape index (κ2) is 5.33. The first-order chi connectivity index (χ1) is 11.2. The molecule has 3 atom stereocenters. The molecule has 2 aliphatic rings. The van der Waals surface area contributed by atoms with Gasteiger partial charge in [-0.25, -0.2) is 4.99 Å². The Morgan fingerprint density at radius 2 is 1.91 bits per heavy atom. The molecule has 0 spiro atoms. The van der Waals surface area contributed by atoms with Crippen molar-refractivity contribution in [3.63, 3.8) is 0 Å². The summed E-state index contributed by atoms with van der Waals surface area (Å²) in [6, 6.07) is 5.99. The van der Waals surface area contributed by atoms with Crippen LogP contribution in [0.4, 0.5) is 5.69 Å². The third kappa shape index (κ3) is 2.19. The summed E-state index contributed by atoms with van der Waals surface area (Å²) < 4.78 is 0. The van der Waals surface area contributed by atoms with Crippen molar-refractivity contribution in [3.05, 3.63) is 54.1 Å². The molecule has 4 rings (SSSR count). The number of nitrogens with zero attached hydrogens (tertiary/aromatic N) is 3. The van der Waals surface area contributed by atoms with E-state index >= 15 is 0 Å². The van der Waals surface area contributed by atoms with Gasteiger partial charge in [-0.15, -0.1) is 0 Å². The number of aliphatic imine (C=N–C) groups is 1. The zero-order valence-electron chi connectivity index (χ0n) is 13.2. The molecule has 3 unspecified atom stereocenters. The van der Waals surface area contributed by atoms with Crippen molar-refractivity contribution in [1.29, 1.82) is 0 Å². The van der Waals surface area contributed by atoms with E-state index in [9.17, 15) is 0 Å².